The van der Waals surface area contributed by atoms with E-state index in [4.69, 9.17) is 0 Å². The Hall–Kier alpha value is -0.610. The van der Waals surface area contributed by atoms with Gasteiger partial charge in [0.25, 0.3) is 0 Å². The zero-order valence-corrected chi connectivity index (χ0v) is 10.4. The molecule has 0 fully saturated rings. The molecule has 0 bridgehead atoms. The van der Waals surface area contributed by atoms with Crippen molar-refractivity contribution in [1.29, 1.82) is 0 Å². The van der Waals surface area contributed by atoms with Crippen molar-refractivity contribution >= 4 is 11.8 Å². The van der Waals surface area contributed by atoms with Gasteiger partial charge in [-0.05, 0) is 25.1 Å². The number of hydrogen-bond donors (Lipinski definition) is 1. The quantitative estimate of drug-likeness (QED) is 0.770. The summed E-state index contributed by atoms with van der Waals surface area (Å²) in [5.41, 5.74) is 0. The van der Waals surface area contributed by atoms with Crippen LogP contribution in [-0.2, 0) is 0 Å². The molecule has 0 saturated heterocycles. The molecule has 0 spiro atoms. The van der Waals surface area contributed by atoms with Crippen LogP contribution in [0.4, 0.5) is 8.78 Å². The van der Waals surface area contributed by atoms with Gasteiger partial charge >= 0.3 is 0 Å². The van der Waals surface area contributed by atoms with E-state index in [2.05, 4.69) is 12.2 Å². The van der Waals surface area contributed by atoms with Gasteiger partial charge in [-0.25, -0.2) is 8.78 Å². The van der Waals surface area contributed by atoms with Crippen LogP contribution in [-0.4, -0.2) is 18.3 Å². The minimum atomic E-state index is -0.527. The van der Waals surface area contributed by atoms with Crippen LogP contribution < -0.4 is 5.32 Å². The van der Waals surface area contributed by atoms with Crippen molar-refractivity contribution in [3.63, 3.8) is 0 Å². The third-order valence-electron chi connectivity index (χ3n) is 2.32. The van der Waals surface area contributed by atoms with E-state index in [9.17, 15) is 8.78 Å². The Bertz CT molecular complexity index is 331. The fraction of sp³-hybridized carbons (Fsp3) is 0.500. The molecule has 1 unspecified atom stereocenters. The van der Waals surface area contributed by atoms with Crippen LogP contribution in [0.1, 0.15) is 20.3 Å². The normalized spacial score (nSPS) is 12.8. The molecule has 0 saturated carbocycles. The summed E-state index contributed by atoms with van der Waals surface area (Å²) < 4.78 is 26.0. The molecule has 1 rings (SSSR count). The van der Waals surface area contributed by atoms with Crippen molar-refractivity contribution in [2.45, 2.75) is 31.2 Å². The van der Waals surface area contributed by atoms with Crippen LogP contribution in [0.5, 0.6) is 0 Å². The van der Waals surface area contributed by atoms with Gasteiger partial charge in [0.2, 0.25) is 0 Å². The summed E-state index contributed by atoms with van der Waals surface area (Å²) in [7, 11) is 0. The molecule has 90 valence electrons. The van der Waals surface area contributed by atoms with E-state index in [1.54, 1.807) is 0 Å². The molecule has 1 nitrogen and oxygen atoms in total. The van der Waals surface area contributed by atoms with E-state index in [1.165, 1.54) is 23.9 Å². The first kappa shape index (κ1) is 13.5. The van der Waals surface area contributed by atoms with Gasteiger partial charge in [0.15, 0.2) is 0 Å². The van der Waals surface area contributed by atoms with Crippen LogP contribution in [0, 0.1) is 11.6 Å². The molecule has 0 radical (unpaired) electrons. The maximum atomic E-state index is 13.3. The average Bonchev–Trinajstić information content (AvgIpc) is 2.26. The van der Waals surface area contributed by atoms with Gasteiger partial charge in [-0.15, -0.1) is 11.8 Å². The summed E-state index contributed by atoms with van der Waals surface area (Å²) >= 11 is 1.42. The van der Waals surface area contributed by atoms with Gasteiger partial charge in [-0.3, -0.25) is 0 Å². The van der Waals surface area contributed by atoms with Crippen molar-refractivity contribution in [3.05, 3.63) is 29.8 Å². The van der Waals surface area contributed by atoms with Gasteiger partial charge in [0, 0.05) is 22.8 Å². The summed E-state index contributed by atoms with van der Waals surface area (Å²) in [6, 6.07) is 4.09. The maximum Gasteiger partial charge on any atom is 0.139 e. The molecule has 0 amide bonds. The Morgan fingerprint density at radius 2 is 2.06 bits per heavy atom. The molecule has 1 N–H and O–H groups in total. The van der Waals surface area contributed by atoms with E-state index in [1.807, 2.05) is 6.92 Å². The minimum Gasteiger partial charge on any atom is -0.313 e. The largest absolute Gasteiger partial charge is 0.313 e. The Labute approximate surface area is 99.6 Å². The van der Waals surface area contributed by atoms with Gasteiger partial charge in [0.05, 0.1) is 0 Å². The lowest BCUT2D eigenvalue weighted by Crippen LogP contribution is -2.30. The van der Waals surface area contributed by atoms with Crippen molar-refractivity contribution < 1.29 is 8.78 Å². The van der Waals surface area contributed by atoms with E-state index in [0.717, 1.165) is 24.8 Å². The standard InChI is InChI=1S/C12H17F2NS/c1-3-10(15-4-2)8-16-12-6-5-9(13)7-11(12)14/h5-7,10,15H,3-4,8H2,1-2H3. The number of hydrogen-bond acceptors (Lipinski definition) is 2. The predicted molar refractivity (Wildman–Crippen MR) is 64.8 cm³/mol. The molecule has 4 heteroatoms. The van der Waals surface area contributed by atoms with E-state index in [-0.39, 0.29) is 0 Å². The van der Waals surface area contributed by atoms with Crippen molar-refractivity contribution in [1.82, 2.24) is 5.32 Å². The van der Waals surface area contributed by atoms with E-state index >= 15 is 0 Å². The first-order valence-corrected chi connectivity index (χ1v) is 6.47. The van der Waals surface area contributed by atoms with Gasteiger partial charge in [0.1, 0.15) is 11.6 Å². The molecule has 1 atom stereocenters. The summed E-state index contributed by atoms with van der Waals surface area (Å²) in [6.45, 7) is 5.05. The Morgan fingerprint density at radius 3 is 2.62 bits per heavy atom. The summed E-state index contributed by atoms with van der Waals surface area (Å²) in [6.07, 6.45) is 1.00. The topological polar surface area (TPSA) is 12.0 Å². The zero-order chi connectivity index (χ0) is 12.0. The third-order valence-corrected chi connectivity index (χ3v) is 3.53. The monoisotopic (exact) mass is 245 g/mol. The zero-order valence-electron chi connectivity index (χ0n) is 9.59. The van der Waals surface area contributed by atoms with Gasteiger partial charge < -0.3 is 5.32 Å². The lowest BCUT2D eigenvalue weighted by molar-refractivity contribution is 0.555. The molecular weight excluding hydrogens is 228 g/mol. The van der Waals surface area contributed by atoms with Crippen molar-refractivity contribution in [3.8, 4) is 0 Å². The second-order valence-corrected chi connectivity index (χ2v) is 4.61. The first-order valence-electron chi connectivity index (χ1n) is 5.48. The van der Waals surface area contributed by atoms with Crippen molar-refractivity contribution in [2.75, 3.05) is 12.3 Å². The number of halogens is 2. The number of rotatable bonds is 6. The van der Waals surface area contributed by atoms with E-state index in [0.29, 0.717) is 10.9 Å². The van der Waals surface area contributed by atoms with Crippen LogP contribution in [0.2, 0.25) is 0 Å². The summed E-state index contributed by atoms with van der Waals surface area (Å²) in [5, 5.41) is 3.32. The maximum absolute atomic E-state index is 13.3. The van der Waals surface area contributed by atoms with Crippen molar-refractivity contribution in [2.24, 2.45) is 0 Å². The molecule has 0 aliphatic heterocycles. The molecule has 0 heterocycles. The fourth-order valence-electron chi connectivity index (χ4n) is 1.39. The first-order chi connectivity index (χ1) is 7.67. The highest BCUT2D eigenvalue weighted by Gasteiger charge is 2.08. The Kier molecular flexibility index (Phi) is 5.77. The van der Waals surface area contributed by atoms with Crippen LogP contribution in [0.15, 0.2) is 23.1 Å². The van der Waals surface area contributed by atoms with E-state index < -0.39 is 11.6 Å². The lowest BCUT2D eigenvalue weighted by atomic mass is 10.2. The second kappa shape index (κ2) is 6.86. The third kappa shape index (κ3) is 4.10. The Morgan fingerprint density at radius 1 is 1.31 bits per heavy atom. The smallest absolute Gasteiger partial charge is 0.139 e. The SMILES string of the molecule is CCNC(CC)CSc1ccc(F)cc1F. The molecule has 1 aromatic rings. The van der Waals surface area contributed by atoms with Gasteiger partial charge in [-0.1, -0.05) is 13.8 Å². The second-order valence-electron chi connectivity index (χ2n) is 3.55. The highest BCUT2D eigenvalue weighted by atomic mass is 32.2. The fourth-order valence-corrected chi connectivity index (χ4v) is 2.49. The molecule has 16 heavy (non-hydrogen) atoms. The number of thioether (sulfide) groups is 1. The highest BCUT2D eigenvalue weighted by Crippen LogP contribution is 2.23. The van der Waals surface area contributed by atoms with Crippen LogP contribution in [0.25, 0.3) is 0 Å². The summed E-state index contributed by atoms with van der Waals surface area (Å²) in [5.74, 6) is -0.204. The molecular formula is C12H17F2NS. The number of nitrogens with one attached hydrogen (secondary N) is 1. The van der Waals surface area contributed by atoms with Gasteiger partial charge in [-0.2, -0.15) is 0 Å². The highest BCUT2D eigenvalue weighted by molar-refractivity contribution is 7.99. The average molecular weight is 245 g/mol. The predicted octanol–water partition coefficient (Wildman–Crippen LogP) is 3.45. The van der Waals surface area contributed by atoms with Crippen LogP contribution in [0.3, 0.4) is 0 Å². The molecule has 0 aromatic heterocycles. The molecule has 0 aliphatic carbocycles. The molecule has 0 aliphatic rings. The van der Waals surface area contributed by atoms with Crippen LogP contribution >= 0.6 is 11.8 Å². The Balaban J connectivity index is 2.53. The molecule has 1 aromatic carbocycles. The lowest BCUT2D eigenvalue weighted by Gasteiger charge is -2.15. The minimum absolute atomic E-state index is 0.374. The summed E-state index contributed by atoms with van der Waals surface area (Å²) in [4.78, 5) is 0.512. The number of benzene rings is 1.